The summed E-state index contributed by atoms with van der Waals surface area (Å²) in [7, 11) is 0.993. The Morgan fingerprint density at radius 3 is 2.47 bits per heavy atom. The van der Waals surface area contributed by atoms with E-state index in [0.29, 0.717) is 18.2 Å². The lowest BCUT2D eigenvalue weighted by atomic mass is 10.1. The summed E-state index contributed by atoms with van der Waals surface area (Å²) in [5.41, 5.74) is -0.540. The molecule has 0 aliphatic heterocycles. The van der Waals surface area contributed by atoms with Gasteiger partial charge in [0.25, 0.3) is 0 Å². The van der Waals surface area contributed by atoms with Gasteiger partial charge in [-0.2, -0.15) is 0 Å². The number of ether oxygens (including phenoxy) is 2. The van der Waals surface area contributed by atoms with Crippen LogP contribution in [-0.4, -0.2) is 25.0 Å². The minimum atomic E-state index is -1.25. The molecular formula is C12H8F2O5. The molecule has 0 bridgehead atoms. The lowest BCUT2D eigenvalue weighted by molar-refractivity contribution is -0.133. The number of halogens is 2. The standard InChI is InChI=1S/C12H8F2O5/c1-18-12(17)19-11(16)5-4-10(15)8-6-7(13)2-3-9(8)14/h2-6H,1H3/b5-4+. The number of benzene rings is 1. The summed E-state index contributed by atoms with van der Waals surface area (Å²) in [5, 5.41) is 0. The van der Waals surface area contributed by atoms with E-state index in [4.69, 9.17) is 0 Å². The number of carbonyl (C=O) groups is 3. The van der Waals surface area contributed by atoms with Crippen LogP contribution in [0.15, 0.2) is 30.4 Å². The SMILES string of the molecule is COC(=O)OC(=O)/C=C/C(=O)c1cc(F)ccc1F. The molecule has 100 valence electrons. The molecule has 0 unspecified atom stereocenters. The first kappa shape index (κ1) is 14.5. The van der Waals surface area contributed by atoms with Crippen molar-refractivity contribution in [3.05, 3.63) is 47.5 Å². The second-order valence-electron chi connectivity index (χ2n) is 3.20. The van der Waals surface area contributed by atoms with Crippen LogP contribution in [0.1, 0.15) is 10.4 Å². The van der Waals surface area contributed by atoms with Crippen LogP contribution in [0.4, 0.5) is 13.6 Å². The minimum absolute atomic E-state index is 0.540. The Hall–Kier alpha value is -2.57. The third-order valence-electron chi connectivity index (χ3n) is 1.92. The van der Waals surface area contributed by atoms with Crippen LogP contribution in [0.25, 0.3) is 0 Å². The number of rotatable bonds is 3. The molecule has 7 heteroatoms. The fraction of sp³-hybridized carbons (Fsp3) is 0.0833. The van der Waals surface area contributed by atoms with Gasteiger partial charge in [0.1, 0.15) is 11.6 Å². The lowest BCUT2D eigenvalue weighted by Gasteiger charge is -1.99. The first-order chi connectivity index (χ1) is 8.93. The van der Waals surface area contributed by atoms with E-state index in [-0.39, 0.29) is 0 Å². The van der Waals surface area contributed by atoms with Crippen LogP contribution in [0.2, 0.25) is 0 Å². The van der Waals surface area contributed by atoms with Crippen LogP contribution in [0, 0.1) is 11.6 Å². The van der Waals surface area contributed by atoms with Gasteiger partial charge in [-0.1, -0.05) is 0 Å². The van der Waals surface area contributed by atoms with Gasteiger partial charge in [-0.15, -0.1) is 0 Å². The molecule has 0 N–H and O–H groups in total. The molecule has 0 amide bonds. The average molecular weight is 270 g/mol. The molecule has 1 aromatic carbocycles. The topological polar surface area (TPSA) is 69.7 Å². The largest absolute Gasteiger partial charge is 0.516 e. The van der Waals surface area contributed by atoms with Crippen molar-refractivity contribution in [3.63, 3.8) is 0 Å². The maximum atomic E-state index is 13.2. The van der Waals surface area contributed by atoms with E-state index in [9.17, 15) is 23.2 Å². The summed E-state index contributed by atoms with van der Waals surface area (Å²) in [4.78, 5) is 33.0. The second-order valence-corrected chi connectivity index (χ2v) is 3.20. The van der Waals surface area contributed by atoms with Crippen molar-refractivity contribution in [2.45, 2.75) is 0 Å². The van der Waals surface area contributed by atoms with E-state index < -0.39 is 35.1 Å². The summed E-state index contributed by atoms with van der Waals surface area (Å²) >= 11 is 0. The number of carbonyl (C=O) groups excluding carboxylic acids is 3. The smallest absolute Gasteiger partial charge is 0.437 e. The predicted molar refractivity (Wildman–Crippen MR) is 58.3 cm³/mol. The highest BCUT2D eigenvalue weighted by molar-refractivity contribution is 6.07. The maximum absolute atomic E-state index is 13.2. The van der Waals surface area contributed by atoms with Crippen molar-refractivity contribution >= 4 is 17.9 Å². The Bertz CT molecular complexity index is 551. The van der Waals surface area contributed by atoms with Crippen molar-refractivity contribution in [2.24, 2.45) is 0 Å². The third-order valence-corrected chi connectivity index (χ3v) is 1.92. The van der Waals surface area contributed by atoms with E-state index in [1.54, 1.807) is 0 Å². The molecule has 19 heavy (non-hydrogen) atoms. The molecule has 0 aromatic heterocycles. The van der Waals surface area contributed by atoms with Crippen LogP contribution in [0.3, 0.4) is 0 Å². The Kier molecular flexibility index (Phi) is 4.87. The number of methoxy groups -OCH3 is 1. The van der Waals surface area contributed by atoms with Crippen LogP contribution >= 0.6 is 0 Å². The van der Waals surface area contributed by atoms with Crippen LogP contribution < -0.4 is 0 Å². The van der Waals surface area contributed by atoms with Crippen molar-refractivity contribution in [2.75, 3.05) is 7.11 Å². The molecule has 1 rings (SSSR count). The second kappa shape index (κ2) is 6.39. The number of ketones is 1. The Morgan fingerprint density at radius 2 is 1.84 bits per heavy atom. The summed E-state index contributed by atoms with van der Waals surface area (Å²) < 4.78 is 34.1. The fourth-order valence-electron chi connectivity index (χ4n) is 1.08. The molecule has 0 spiro atoms. The van der Waals surface area contributed by atoms with Gasteiger partial charge in [0.15, 0.2) is 5.78 Å². The monoisotopic (exact) mass is 270 g/mol. The van der Waals surface area contributed by atoms with Gasteiger partial charge in [0, 0.05) is 6.08 Å². The number of esters is 1. The molecular weight excluding hydrogens is 262 g/mol. The zero-order chi connectivity index (χ0) is 14.4. The van der Waals surface area contributed by atoms with E-state index in [0.717, 1.165) is 19.2 Å². The Labute approximate surface area is 106 Å². The summed E-state index contributed by atoms with van der Waals surface area (Å²) in [6.07, 6.45) is 0.00578. The first-order valence-electron chi connectivity index (χ1n) is 4.91. The zero-order valence-corrected chi connectivity index (χ0v) is 9.68. The van der Waals surface area contributed by atoms with Gasteiger partial charge in [-0.25, -0.2) is 18.4 Å². The maximum Gasteiger partial charge on any atom is 0.516 e. The summed E-state index contributed by atoms with van der Waals surface area (Å²) in [6.45, 7) is 0. The van der Waals surface area contributed by atoms with Crippen LogP contribution in [0.5, 0.6) is 0 Å². The van der Waals surface area contributed by atoms with Crippen molar-refractivity contribution in [3.8, 4) is 0 Å². The van der Waals surface area contributed by atoms with Gasteiger partial charge >= 0.3 is 12.1 Å². The summed E-state index contributed by atoms with van der Waals surface area (Å²) in [5.74, 6) is -3.84. The predicted octanol–water partition coefficient (Wildman–Crippen LogP) is 2.01. The Balaban J connectivity index is 2.77. The molecule has 5 nitrogen and oxygen atoms in total. The average Bonchev–Trinajstić information content (AvgIpc) is 2.38. The van der Waals surface area contributed by atoms with Crippen molar-refractivity contribution in [1.29, 1.82) is 0 Å². The molecule has 0 fully saturated rings. The molecule has 1 aromatic rings. The Morgan fingerprint density at radius 1 is 1.16 bits per heavy atom. The normalized spacial score (nSPS) is 10.3. The third kappa shape index (κ3) is 4.30. The molecule has 0 aliphatic carbocycles. The van der Waals surface area contributed by atoms with E-state index >= 15 is 0 Å². The van der Waals surface area contributed by atoms with E-state index in [1.165, 1.54) is 0 Å². The van der Waals surface area contributed by atoms with Gasteiger partial charge in [-0.3, -0.25) is 4.79 Å². The van der Waals surface area contributed by atoms with E-state index in [2.05, 4.69) is 9.47 Å². The van der Waals surface area contributed by atoms with Gasteiger partial charge < -0.3 is 9.47 Å². The first-order valence-corrected chi connectivity index (χ1v) is 4.91. The quantitative estimate of drug-likeness (QED) is 0.363. The van der Waals surface area contributed by atoms with Gasteiger partial charge in [0.2, 0.25) is 0 Å². The zero-order valence-electron chi connectivity index (χ0n) is 9.68. The highest BCUT2D eigenvalue weighted by Gasteiger charge is 2.12. The number of hydrogen-bond donors (Lipinski definition) is 0. The minimum Gasteiger partial charge on any atom is -0.437 e. The van der Waals surface area contributed by atoms with Gasteiger partial charge in [-0.05, 0) is 24.3 Å². The van der Waals surface area contributed by atoms with Gasteiger partial charge in [0.05, 0.1) is 12.7 Å². The van der Waals surface area contributed by atoms with E-state index in [1.807, 2.05) is 0 Å². The lowest BCUT2D eigenvalue weighted by Crippen LogP contribution is -2.10. The molecule has 0 atom stereocenters. The summed E-state index contributed by atoms with van der Waals surface area (Å²) in [6, 6.07) is 2.32. The molecule has 0 saturated heterocycles. The fourth-order valence-corrected chi connectivity index (χ4v) is 1.08. The highest BCUT2D eigenvalue weighted by atomic mass is 19.1. The highest BCUT2D eigenvalue weighted by Crippen LogP contribution is 2.10. The molecule has 0 saturated carbocycles. The number of allylic oxidation sites excluding steroid dienone is 1. The molecule has 0 heterocycles. The molecule has 0 aliphatic rings. The van der Waals surface area contributed by atoms with Crippen molar-refractivity contribution < 1.29 is 32.6 Å². The van der Waals surface area contributed by atoms with Crippen LogP contribution in [-0.2, 0) is 14.3 Å². The molecule has 0 radical (unpaired) electrons. The number of hydrogen-bond acceptors (Lipinski definition) is 5. The van der Waals surface area contributed by atoms with Crippen molar-refractivity contribution in [1.82, 2.24) is 0 Å².